The first-order valence-electron chi connectivity index (χ1n) is 6.59. The van der Waals surface area contributed by atoms with Crippen LogP contribution in [0.1, 0.15) is 18.9 Å². The van der Waals surface area contributed by atoms with E-state index in [2.05, 4.69) is 4.99 Å². The van der Waals surface area contributed by atoms with Gasteiger partial charge in [-0.25, -0.2) is 0 Å². The van der Waals surface area contributed by atoms with Gasteiger partial charge in [0.2, 0.25) is 0 Å². The second-order valence-corrected chi connectivity index (χ2v) is 6.20. The van der Waals surface area contributed by atoms with Crippen molar-refractivity contribution >= 4 is 13.8 Å². The molecule has 0 heterocycles. The summed E-state index contributed by atoms with van der Waals surface area (Å²) in [4.78, 5) is 13.7. The normalized spacial score (nSPS) is 15.5. The van der Waals surface area contributed by atoms with Crippen LogP contribution in [-0.4, -0.2) is 36.7 Å². The summed E-state index contributed by atoms with van der Waals surface area (Å²) in [6.07, 6.45) is 1.60. The lowest BCUT2D eigenvalue weighted by Crippen LogP contribution is -2.07. The van der Waals surface area contributed by atoms with Crippen LogP contribution in [0.15, 0.2) is 35.3 Å². The van der Waals surface area contributed by atoms with E-state index in [0.717, 1.165) is 5.56 Å². The standard InChI is InChI=1S/C14H19N2O4P/c1-2-19-12-20-21(17,18)9-8-14(10-15)16-11-13-6-4-3-5-7-13/h3-7,11,14H,2,8-9,12H2,1H3,(H,17,18). The van der Waals surface area contributed by atoms with Gasteiger partial charge in [0.05, 0.1) is 12.2 Å². The summed E-state index contributed by atoms with van der Waals surface area (Å²) >= 11 is 0. The average Bonchev–Trinajstić information content (AvgIpc) is 2.48. The third kappa shape index (κ3) is 7.74. The summed E-state index contributed by atoms with van der Waals surface area (Å²) in [5, 5.41) is 9.01. The first-order chi connectivity index (χ1) is 10.1. The maximum absolute atomic E-state index is 11.7. The highest BCUT2D eigenvalue weighted by Crippen LogP contribution is 2.42. The number of hydrogen-bond acceptors (Lipinski definition) is 5. The molecule has 2 atom stereocenters. The van der Waals surface area contributed by atoms with Gasteiger partial charge >= 0.3 is 7.60 Å². The van der Waals surface area contributed by atoms with Crippen LogP contribution in [0.25, 0.3) is 0 Å². The summed E-state index contributed by atoms with van der Waals surface area (Å²) in [7, 11) is -3.73. The summed E-state index contributed by atoms with van der Waals surface area (Å²) in [6, 6.07) is 10.7. The molecule has 7 heteroatoms. The van der Waals surface area contributed by atoms with Gasteiger partial charge in [-0.3, -0.25) is 14.1 Å². The summed E-state index contributed by atoms with van der Waals surface area (Å²) < 4.78 is 21.3. The highest BCUT2D eigenvalue weighted by atomic mass is 31.2. The lowest BCUT2D eigenvalue weighted by atomic mass is 10.2. The third-order valence-electron chi connectivity index (χ3n) is 2.58. The first kappa shape index (κ1) is 17.5. The molecule has 0 aromatic heterocycles. The van der Waals surface area contributed by atoms with E-state index in [-0.39, 0.29) is 19.4 Å². The molecule has 2 unspecified atom stereocenters. The first-order valence-corrected chi connectivity index (χ1v) is 8.35. The van der Waals surface area contributed by atoms with Crippen molar-refractivity contribution in [3.63, 3.8) is 0 Å². The zero-order valence-corrected chi connectivity index (χ0v) is 12.8. The summed E-state index contributed by atoms with van der Waals surface area (Å²) in [6.45, 7) is 1.94. The van der Waals surface area contributed by atoms with E-state index >= 15 is 0 Å². The molecule has 6 nitrogen and oxygen atoms in total. The van der Waals surface area contributed by atoms with E-state index in [9.17, 15) is 9.46 Å². The topological polar surface area (TPSA) is 91.9 Å². The van der Waals surface area contributed by atoms with Crippen LogP contribution in [0.2, 0.25) is 0 Å². The smallest absolute Gasteiger partial charge is 0.330 e. The summed E-state index contributed by atoms with van der Waals surface area (Å²) in [5.41, 5.74) is 0.873. The maximum atomic E-state index is 11.7. The molecule has 0 aliphatic rings. The van der Waals surface area contributed by atoms with Gasteiger partial charge in [0.25, 0.3) is 0 Å². The molecule has 114 valence electrons. The molecule has 1 aromatic carbocycles. The molecule has 21 heavy (non-hydrogen) atoms. The van der Waals surface area contributed by atoms with Crippen molar-refractivity contribution in [2.45, 2.75) is 19.4 Å². The number of hydrogen-bond donors (Lipinski definition) is 1. The molecule has 1 rings (SSSR count). The molecule has 0 saturated carbocycles. The minimum absolute atomic E-state index is 0.134. The monoisotopic (exact) mass is 310 g/mol. The fraction of sp³-hybridized carbons (Fsp3) is 0.429. The molecule has 0 amide bonds. The van der Waals surface area contributed by atoms with Gasteiger partial charge in [-0.1, -0.05) is 30.3 Å². The van der Waals surface area contributed by atoms with Crippen molar-refractivity contribution in [1.82, 2.24) is 0 Å². The van der Waals surface area contributed by atoms with Crippen LogP contribution in [0, 0.1) is 11.3 Å². The van der Waals surface area contributed by atoms with Crippen molar-refractivity contribution in [3.8, 4) is 6.07 Å². The van der Waals surface area contributed by atoms with E-state index in [1.807, 2.05) is 36.4 Å². The molecule has 0 spiro atoms. The molecule has 0 saturated heterocycles. The van der Waals surface area contributed by atoms with E-state index in [0.29, 0.717) is 6.61 Å². The highest BCUT2D eigenvalue weighted by Gasteiger charge is 2.21. The molecule has 1 N–H and O–H groups in total. The predicted molar refractivity (Wildman–Crippen MR) is 80.3 cm³/mol. The number of nitrogens with zero attached hydrogens (tertiary/aromatic N) is 2. The quantitative estimate of drug-likeness (QED) is 0.327. The van der Waals surface area contributed by atoms with E-state index in [4.69, 9.17) is 14.5 Å². The van der Waals surface area contributed by atoms with Crippen molar-refractivity contribution in [2.24, 2.45) is 4.99 Å². The second-order valence-electron chi connectivity index (χ2n) is 4.22. The van der Waals surface area contributed by atoms with E-state index < -0.39 is 13.6 Å². The Labute approximate surface area is 124 Å². The predicted octanol–water partition coefficient (Wildman–Crippen LogP) is 2.58. The highest BCUT2D eigenvalue weighted by molar-refractivity contribution is 7.52. The maximum Gasteiger partial charge on any atom is 0.330 e. The van der Waals surface area contributed by atoms with Crippen LogP contribution in [0.4, 0.5) is 0 Å². The van der Waals surface area contributed by atoms with Gasteiger partial charge in [-0.05, 0) is 18.9 Å². The number of aliphatic imine (C=N–C) groups is 1. The Hall–Kier alpha value is -1.51. The number of rotatable bonds is 9. The molecule has 0 aliphatic carbocycles. The minimum atomic E-state index is -3.73. The number of benzene rings is 1. The molecule has 0 radical (unpaired) electrons. The zero-order chi connectivity index (χ0) is 15.6. The van der Waals surface area contributed by atoms with Crippen molar-refractivity contribution < 1.29 is 18.7 Å². The summed E-state index contributed by atoms with van der Waals surface area (Å²) in [5.74, 6) is 0. The lowest BCUT2D eigenvalue weighted by molar-refractivity contribution is 0.0160. The van der Waals surface area contributed by atoms with Crippen LogP contribution < -0.4 is 0 Å². The van der Waals surface area contributed by atoms with Crippen LogP contribution in [-0.2, 0) is 13.8 Å². The Morgan fingerprint density at radius 3 is 2.81 bits per heavy atom. The van der Waals surface area contributed by atoms with E-state index in [1.165, 1.54) is 0 Å². The third-order valence-corrected chi connectivity index (χ3v) is 3.91. The molecular formula is C14H19N2O4P. The Morgan fingerprint density at radius 2 is 2.19 bits per heavy atom. The SMILES string of the molecule is CCOCOP(=O)(O)CCC(C#N)N=Cc1ccccc1. The van der Waals surface area contributed by atoms with Crippen LogP contribution >= 0.6 is 7.60 Å². The molecule has 1 aromatic rings. The molecule has 0 fully saturated rings. The Balaban J connectivity index is 2.46. The van der Waals surface area contributed by atoms with Crippen molar-refractivity contribution in [3.05, 3.63) is 35.9 Å². The largest absolute Gasteiger partial charge is 0.355 e. The van der Waals surface area contributed by atoms with Gasteiger partial charge in [0.1, 0.15) is 6.04 Å². The van der Waals surface area contributed by atoms with Crippen LogP contribution in [0.3, 0.4) is 0 Å². The fourth-order valence-corrected chi connectivity index (χ4v) is 2.38. The lowest BCUT2D eigenvalue weighted by Gasteiger charge is -2.12. The van der Waals surface area contributed by atoms with Crippen molar-refractivity contribution in [2.75, 3.05) is 19.6 Å². The van der Waals surface area contributed by atoms with Gasteiger partial charge in [-0.15, -0.1) is 0 Å². The molecule has 0 bridgehead atoms. The van der Waals surface area contributed by atoms with Crippen molar-refractivity contribution in [1.29, 1.82) is 5.26 Å². The Kier molecular flexibility index (Phi) is 7.88. The zero-order valence-electron chi connectivity index (χ0n) is 11.9. The number of ether oxygens (including phenoxy) is 1. The van der Waals surface area contributed by atoms with Gasteiger partial charge < -0.3 is 9.63 Å². The van der Waals surface area contributed by atoms with Gasteiger partial charge in [0.15, 0.2) is 6.79 Å². The minimum Gasteiger partial charge on any atom is -0.355 e. The van der Waals surface area contributed by atoms with Gasteiger partial charge in [0, 0.05) is 12.8 Å². The Bertz CT molecular complexity index is 528. The number of nitriles is 1. The molecule has 0 aliphatic heterocycles. The van der Waals surface area contributed by atoms with E-state index in [1.54, 1.807) is 13.1 Å². The fourth-order valence-electron chi connectivity index (χ4n) is 1.44. The van der Waals surface area contributed by atoms with Crippen LogP contribution in [0.5, 0.6) is 0 Å². The second kappa shape index (κ2) is 9.43. The van der Waals surface area contributed by atoms with Gasteiger partial charge in [-0.2, -0.15) is 5.26 Å². The molecular weight excluding hydrogens is 291 g/mol. The average molecular weight is 310 g/mol. The Morgan fingerprint density at radius 1 is 1.48 bits per heavy atom.